The SMILES string of the molecule is CN(C)Cc1c[c-]cc(CN(C)C)c1.[Cl][Ru+].c1ccc(P(c2ccccc2)c2ccccc2)cc1. The zero-order chi connectivity index (χ0) is 25.5. The Balaban J connectivity index is 0.000000241. The molecule has 0 bridgehead atoms. The standard InChI is InChI=1S/C18H15P.C12H19N2.ClH.Ru/c1-4-10-16(11-5-1)19(17-12-6-2-7-13-17)18-14-8-3-9-15-18;1-13(2)9-11-6-5-7-12(8-11)10-14(3)4;;/h1-15H;6-8H,9-10H2,1-4H3;1H;/q;-1;;+2/p-1. The van der Waals surface area contributed by atoms with Gasteiger partial charge in [-0.3, -0.25) is 0 Å². The van der Waals surface area contributed by atoms with Crippen molar-refractivity contribution in [1.29, 1.82) is 0 Å². The Morgan fingerprint density at radius 3 is 1.20 bits per heavy atom. The summed E-state index contributed by atoms with van der Waals surface area (Å²) in [6.45, 7) is 1.97. The van der Waals surface area contributed by atoms with Gasteiger partial charge in [-0.15, -0.1) is 11.1 Å². The second-order valence-electron chi connectivity index (χ2n) is 8.57. The molecule has 0 aromatic heterocycles. The van der Waals surface area contributed by atoms with Crippen LogP contribution in [-0.2, 0) is 30.4 Å². The molecule has 0 atom stereocenters. The van der Waals surface area contributed by atoms with Crippen molar-refractivity contribution in [3.8, 4) is 0 Å². The van der Waals surface area contributed by atoms with Gasteiger partial charge in [0.2, 0.25) is 0 Å². The fourth-order valence-electron chi connectivity index (χ4n) is 3.67. The average molecular weight is 590 g/mol. The van der Waals surface area contributed by atoms with Crippen molar-refractivity contribution in [2.24, 2.45) is 0 Å². The Hall–Kier alpha value is -1.86. The van der Waals surface area contributed by atoms with Crippen LogP contribution >= 0.6 is 17.6 Å². The summed E-state index contributed by atoms with van der Waals surface area (Å²) in [6.07, 6.45) is 0. The fraction of sp³-hybridized carbons (Fsp3) is 0.200. The van der Waals surface area contributed by atoms with E-state index in [1.807, 2.05) is 17.3 Å². The first-order chi connectivity index (χ1) is 17.0. The number of hydrogen-bond donors (Lipinski definition) is 0. The van der Waals surface area contributed by atoms with Crippen molar-refractivity contribution in [1.82, 2.24) is 9.80 Å². The Labute approximate surface area is 227 Å². The normalized spacial score (nSPS) is 10.4. The molecule has 4 aromatic rings. The zero-order valence-corrected chi connectivity index (χ0v) is 24.3. The molecule has 0 saturated carbocycles. The Kier molecular flexibility index (Phi) is 14.1. The molecule has 0 aliphatic carbocycles. The van der Waals surface area contributed by atoms with Crippen LogP contribution in [0.5, 0.6) is 0 Å². The van der Waals surface area contributed by atoms with Crippen LogP contribution in [0.4, 0.5) is 0 Å². The minimum absolute atomic E-state index is 0.446. The zero-order valence-electron chi connectivity index (χ0n) is 20.9. The molecule has 0 fully saturated rings. The molecule has 0 N–H and O–H groups in total. The maximum absolute atomic E-state index is 4.57. The predicted octanol–water partition coefficient (Wildman–Crippen LogP) is 5.74. The van der Waals surface area contributed by atoms with Crippen molar-refractivity contribution in [2.75, 3.05) is 28.2 Å². The predicted molar refractivity (Wildman–Crippen MR) is 151 cm³/mol. The van der Waals surface area contributed by atoms with Crippen LogP contribution in [0.15, 0.2) is 109 Å². The Morgan fingerprint density at radius 2 is 0.914 bits per heavy atom. The van der Waals surface area contributed by atoms with Crippen molar-refractivity contribution in [3.05, 3.63) is 126 Å². The van der Waals surface area contributed by atoms with Gasteiger partial charge < -0.3 is 9.80 Å². The molecule has 35 heavy (non-hydrogen) atoms. The summed E-state index contributed by atoms with van der Waals surface area (Å²) in [4.78, 5) is 4.34. The van der Waals surface area contributed by atoms with Crippen molar-refractivity contribution in [2.45, 2.75) is 13.1 Å². The van der Waals surface area contributed by atoms with Gasteiger partial charge in [-0.25, -0.2) is 0 Å². The monoisotopic (exact) mass is 590 g/mol. The second kappa shape index (κ2) is 16.7. The molecular weight excluding hydrogens is 556 g/mol. The third-order valence-corrected chi connectivity index (χ3v) is 7.39. The Morgan fingerprint density at radius 1 is 0.600 bits per heavy atom. The second-order valence-corrected chi connectivity index (χ2v) is 10.8. The van der Waals surface area contributed by atoms with E-state index in [1.54, 1.807) is 0 Å². The van der Waals surface area contributed by atoms with E-state index in [0.717, 1.165) is 13.1 Å². The topological polar surface area (TPSA) is 6.48 Å². The molecule has 0 aliphatic heterocycles. The number of rotatable bonds is 7. The molecule has 0 amide bonds. The van der Waals surface area contributed by atoms with Crippen LogP contribution in [0.2, 0.25) is 0 Å². The van der Waals surface area contributed by atoms with E-state index in [-0.39, 0.29) is 0 Å². The molecule has 0 radical (unpaired) electrons. The molecule has 0 spiro atoms. The maximum Gasteiger partial charge on any atom is -0.0134 e. The number of benzene rings is 4. The van der Waals surface area contributed by atoms with E-state index in [2.05, 4.69) is 163 Å². The number of hydrogen-bond acceptors (Lipinski definition) is 2. The van der Waals surface area contributed by atoms with Crippen molar-refractivity contribution >= 4 is 33.5 Å². The van der Waals surface area contributed by atoms with Crippen LogP contribution in [-0.4, -0.2) is 38.0 Å². The fourth-order valence-corrected chi connectivity index (χ4v) is 5.97. The maximum atomic E-state index is 4.57. The van der Waals surface area contributed by atoms with Gasteiger partial charge in [-0.05, 0) is 65.1 Å². The van der Waals surface area contributed by atoms with Crippen molar-refractivity contribution in [3.63, 3.8) is 0 Å². The third-order valence-electron chi connectivity index (χ3n) is 4.95. The smallest absolute Gasteiger partial charge is 0.0134 e. The van der Waals surface area contributed by atoms with Crippen molar-refractivity contribution < 1.29 is 17.3 Å². The minimum Gasteiger partial charge on any atom is -0.0622 e. The molecule has 4 rings (SSSR count). The van der Waals surface area contributed by atoms with Crippen LogP contribution in [0.1, 0.15) is 11.1 Å². The van der Waals surface area contributed by atoms with Gasteiger partial charge in [0.05, 0.1) is 0 Å². The first-order valence-corrected chi connectivity index (χ1v) is 15.0. The molecular formula is C30H34ClN2PRu. The van der Waals surface area contributed by atoms with E-state index in [4.69, 9.17) is 0 Å². The summed E-state index contributed by atoms with van der Waals surface area (Å²) >= 11 is 1.82. The molecule has 5 heteroatoms. The van der Waals surface area contributed by atoms with Crippen LogP contribution in [0, 0.1) is 6.07 Å². The Bertz CT molecular complexity index is 958. The van der Waals surface area contributed by atoms with Crippen LogP contribution in [0.25, 0.3) is 0 Å². The number of halogens is 1. The molecule has 0 unspecified atom stereocenters. The molecule has 4 aromatic carbocycles. The first kappa shape index (κ1) is 29.4. The molecule has 184 valence electrons. The van der Waals surface area contributed by atoms with Crippen LogP contribution in [0.3, 0.4) is 0 Å². The van der Waals surface area contributed by atoms with E-state index in [0.29, 0.717) is 0 Å². The quantitative estimate of drug-likeness (QED) is 0.154. The molecule has 2 nitrogen and oxygen atoms in total. The summed E-state index contributed by atoms with van der Waals surface area (Å²) < 4.78 is 0. The summed E-state index contributed by atoms with van der Waals surface area (Å²) in [5.41, 5.74) is 2.66. The van der Waals surface area contributed by atoms with Gasteiger partial charge in [0.15, 0.2) is 0 Å². The summed E-state index contributed by atoms with van der Waals surface area (Å²) in [5, 5.41) is 4.19. The van der Waals surface area contributed by atoms with E-state index >= 15 is 0 Å². The van der Waals surface area contributed by atoms with Gasteiger partial charge in [0.25, 0.3) is 0 Å². The van der Waals surface area contributed by atoms with E-state index in [9.17, 15) is 0 Å². The van der Waals surface area contributed by atoms with Gasteiger partial charge in [0, 0.05) is 0 Å². The third kappa shape index (κ3) is 10.7. The average Bonchev–Trinajstić information content (AvgIpc) is 2.87. The summed E-state index contributed by atoms with van der Waals surface area (Å²) in [6, 6.07) is 41.9. The molecule has 0 saturated heterocycles. The van der Waals surface area contributed by atoms with E-state index < -0.39 is 7.92 Å². The number of nitrogens with zero attached hydrogens (tertiary/aromatic N) is 2. The minimum atomic E-state index is -0.446. The summed E-state index contributed by atoms with van der Waals surface area (Å²) in [7, 11) is 12.5. The van der Waals surface area contributed by atoms with Crippen LogP contribution < -0.4 is 15.9 Å². The van der Waals surface area contributed by atoms with Gasteiger partial charge in [0.1, 0.15) is 0 Å². The first-order valence-electron chi connectivity index (χ1n) is 11.4. The molecule has 0 heterocycles. The largest absolute Gasteiger partial charge is 0.0622 e. The van der Waals surface area contributed by atoms with Gasteiger partial charge in [-0.2, -0.15) is 24.3 Å². The van der Waals surface area contributed by atoms with E-state index in [1.165, 1.54) is 27.0 Å². The molecule has 0 aliphatic rings. The summed E-state index contributed by atoms with van der Waals surface area (Å²) in [5.74, 6) is 0. The van der Waals surface area contributed by atoms with Gasteiger partial charge >= 0.3 is 27.0 Å². The van der Waals surface area contributed by atoms with Gasteiger partial charge in [-0.1, -0.05) is 91.0 Å².